The van der Waals surface area contributed by atoms with E-state index in [4.69, 9.17) is 20.5 Å². The van der Waals surface area contributed by atoms with E-state index in [0.717, 1.165) is 32.4 Å². The molecular weight excluding hydrogens is 236 g/mol. The monoisotopic (exact) mass is 259 g/mol. The van der Waals surface area contributed by atoms with Crippen LogP contribution >= 0.6 is 8.25 Å². The van der Waals surface area contributed by atoms with Gasteiger partial charge in [0.25, 0.3) is 0 Å². The molecule has 17 heavy (non-hydrogen) atoms. The molecule has 0 atom stereocenters. The van der Waals surface area contributed by atoms with Crippen LogP contribution in [0.1, 0.15) is 19.3 Å². The zero-order valence-corrected chi connectivity index (χ0v) is 11.6. The van der Waals surface area contributed by atoms with Gasteiger partial charge >= 0.3 is 8.25 Å². The van der Waals surface area contributed by atoms with Crippen molar-refractivity contribution in [3.05, 3.63) is 0 Å². The van der Waals surface area contributed by atoms with Crippen molar-refractivity contribution in [3.63, 3.8) is 0 Å². The molecule has 0 bridgehead atoms. The van der Waals surface area contributed by atoms with Gasteiger partial charge in [-0.3, -0.25) is 0 Å². The SMILES string of the molecule is NCCNCCN.O=[P+]1OCCCCCO1.[Li]. The van der Waals surface area contributed by atoms with Crippen molar-refractivity contribution in [3.8, 4) is 0 Å². The summed E-state index contributed by atoms with van der Waals surface area (Å²) in [5, 5.41) is 3.03. The first-order chi connectivity index (χ1) is 7.81. The maximum atomic E-state index is 10.5. The molecule has 1 heterocycles. The molecule has 1 radical (unpaired) electrons. The van der Waals surface area contributed by atoms with Crippen molar-refractivity contribution < 1.29 is 13.6 Å². The Hall–Kier alpha value is 0.497. The topological polar surface area (TPSA) is 99.6 Å². The first-order valence-corrected chi connectivity index (χ1v) is 6.74. The molecule has 5 N–H and O–H groups in total. The minimum atomic E-state index is -1.79. The van der Waals surface area contributed by atoms with E-state index in [1.165, 1.54) is 0 Å². The third-order valence-electron chi connectivity index (χ3n) is 1.82. The fourth-order valence-electron chi connectivity index (χ4n) is 1.03. The molecule has 97 valence electrons. The summed E-state index contributed by atoms with van der Waals surface area (Å²) in [4.78, 5) is 0. The molecule has 0 amide bonds. The molecule has 1 fully saturated rings. The van der Waals surface area contributed by atoms with Crippen molar-refractivity contribution in [1.29, 1.82) is 0 Å². The first-order valence-electron chi connectivity index (χ1n) is 5.65. The minimum Gasteiger partial charge on any atom is -0.329 e. The third kappa shape index (κ3) is 16.5. The predicted octanol–water partition coefficient (Wildman–Crippen LogP) is -0.0265. The summed E-state index contributed by atoms with van der Waals surface area (Å²) in [7, 11) is -1.79. The van der Waals surface area contributed by atoms with Gasteiger partial charge in [0, 0.05) is 49.6 Å². The van der Waals surface area contributed by atoms with E-state index in [0.29, 0.717) is 26.3 Å². The Morgan fingerprint density at radius 1 is 1.00 bits per heavy atom. The molecule has 0 unspecified atom stereocenters. The minimum absolute atomic E-state index is 0. The third-order valence-corrected chi connectivity index (χ3v) is 2.61. The molecule has 0 aromatic rings. The average molecular weight is 259 g/mol. The van der Waals surface area contributed by atoms with Gasteiger partial charge in [0.1, 0.15) is 13.2 Å². The van der Waals surface area contributed by atoms with Crippen LogP contribution in [0.2, 0.25) is 0 Å². The van der Waals surface area contributed by atoms with Crippen molar-refractivity contribution in [2.24, 2.45) is 11.5 Å². The van der Waals surface area contributed by atoms with Crippen LogP contribution in [0, 0.1) is 0 Å². The summed E-state index contributed by atoms with van der Waals surface area (Å²) in [6, 6.07) is 0. The Balaban J connectivity index is 0. The van der Waals surface area contributed by atoms with E-state index in [1.54, 1.807) is 0 Å². The summed E-state index contributed by atoms with van der Waals surface area (Å²) in [6.45, 7) is 4.29. The summed E-state index contributed by atoms with van der Waals surface area (Å²) in [5.41, 5.74) is 10.3. The Labute approximate surface area is 116 Å². The summed E-state index contributed by atoms with van der Waals surface area (Å²) in [6.07, 6.45) is 3.12. The molecule has 0 spiro atoms. The summed E-state index contributed by atoms with van der Waals surface area (Å²) in [5.74, 6) is 0. The van der Waals surface area contributed by atoms with Gasteiger partial charge in [0.2, 0.25) is 0 Å². The van der Waals surface area contributed by atoms with Crippen molar-refractivity contribution >= 4 is 27.1 Å². The van der Waals surface area contributed by atoms with Crippen molar-refractivity contribution in [2.75, 3.05) is 39.4 Å². The van der Waals surface area contributed by atoms with Gasteiger partial charge in [-0.2, -0.15) is 0 Å². The van der Waals surface area contributed by atoms with Crippen molar-refractivity contribution in [2.45, 2.75) is 19.3 Å². The second-order valence-electron chi connectivity index (χ2n) is 3.28. The fraction of sp³-hybridized carbons (Fsp3) is 1.00. The molecule has 0 saturated carbocycles. The second-order valence-corrected chi connectivity index (χ2v) is 4.24. The maximum Gasteiger partial charge on any atom is 0.697 e. The molecule has 1 saturated heterocycles. The zero-order chi connectivity index (χ0) is 12.1. The van der Waals surface area contributed by atoms with Gasteiger partial charge in [0.15, 0.2) is 0 Å². The zero-order valence-electron chi connectivity index (χ0n) is 10.7. The molecule has 1 rings (SSSR count). The Kier molecular flexibility index (Phi) is 19.2. The van der Waals surface area contributed by atoms with E-state index >= 15 is 0 Å². The van der Waals surface area contributed by atoms with Gasteiger partial charge in [-0.25, -0.2) is 0 Å². The smallest absolute Gasteiger partial charge is 0.329 e. The van der Waals surface area contributed by atoms with Gasteiger partial charge < -0.3 is 16.8 Å². The van der Waals surface area contributed by atoms with Crippen LogP contribution in [0.25, 0.3) is 0 Å². The molecule has 0 aliphatic carbocycles. The molecule has 8 heteroatoms. The van der Waals surface area contributed by atoms with Crippen molar-refractivity contribution in [1.82, 2.24) is 5.32 Å². The Morgan fingerprint density at radius 3 is 1.88 bits per heavy atom. The first kappa shape index (κ1) is 19.8. The van der Waals surface area contributed by atoms with Crippen LogP contribution in [0.15, 0.2) is 0 Å². The molecule has 1 aliphatic heterocycles. The van der Waals surface area contributed by atoms with Gasteiger partial charge in [0.05, 0.1) is 0 Å². The van der Waals surface area contributed by atoms with Crippen LogP contribution in [-0.4, -0.2) is 58.3 Å². The molecule has 0 aromatic heterocycles. The Bertz CT molecular complexity index is 164. The van der Waals surface area contributed by atoms with Gasteiger partial charge in [-0.1, -0.05) is 0 Å². The molecular formula is C9H23LiN3O3P+. The normalized spacial score (nSPS) is 16.0. The van der Waals surface area contributed by atoms with E-state index in [1.807, 2.05) is 0 Å². The summed E-state index contributed by atoms with van der Waals surface area (Å²) < 4.78 is 20.1. The fourth-order valence-corrected chi connectivity index (χ4v) is 1.66. The quantitative estimate of drug-likeness (QED) is 0.372. The standard InChI is InChI=1S/C5H10O3P.C4H13N3.Li/c6-9-7-4-2-1-3-5-8-9;5-1-3-7-4-2-6;/h1-5H2;7H,1-6H2;/q+1;;. The second kappa shape index (κ2) is 16.5. The van der Waals surface area contributed by atoms with Crippen LogP contribution in [0.4, 0.5) is 0 Å². The van der Waals surface area contributed by atoms with Crippen LogP contribution < -0.4 is 16.8 Å². The van der Waals surface area contributed by atoms with Crippen LogP contribution in [0.5, 0.6) is 0 Å². The van der Waals surface area contributed by atoms with E-state index < -0.39 is 8.25 Å². The number of rotatable bonds is 4. The largest absolute Gasteiger partial charge is 0.697 e. The maximum absolute atomic E-state index is 10.5. The van der Waals surface area contributed by atoms with E-state index in [-0.39, 0.29) is 18.9 Å². The average Bonchev–Trinajstić information content (AvgIpc) is 2.25. The number of hydrogen-bond acceptors (Lipinski definition) is 6. The number of nitrogens with one attached hydrogen (secondary N) is 1. The van der Waals surface area contributed by atoms with E-state index in [9.17, 15) is 4.57 Å². The molecule has 0 aromatic carbocycles. The van der Waals surface area contributed by atoms with Crippen LogP contribution in [0.3, 0.4) is 0 Å². The van der Waals surface area contributed by atoms with Gasteiger partial charge in [-0.15, -0.1) is 9.05 Å². The summed E-state index contributed by atoms with van der Waals surface area (Å²) >= 11 is 0. The van der Waals surface area contributed by atoms with Crippen LogP contribution in [-0.2, 0) is 13.6 Å². The number of nitrogens with two attached hydrogens (primary N) is 2. The Morgan fingerprint density at radius 2 is 1.47 bits per heavy atom. The van der Waals surface area contributed by atoms with E-state index in [2.05, 4.69) is 5.32 Å². The molecule has 6 nitrogen and oxygen atoms in total. The number of hydrogen-bond donors (Lipinski definition) is 3. The molecule has 1 aliphatic rings. The van der Waals surface area contributed by atoms with Gasteiger partial charge in [-0.05, 0) is 19.3 Å². The predicted molar refractivity (Wildman–Crippen MR) is 70.1 cm³/mol.